The molecular formula is C23H20ClF3N2. The predicted octanol–water partition coefficient (Wildman–Crippen LogP) is 7.05. The molecule has 1 heterocycles. The van der Waals surface area contributed by atoms with Gasteiger partial charge in [-0.25, -0.2) is 0 Å². The molecule has 0 aliphatic carbocycles. The number of halogens is 4. The normalized spacial score (nSPS) is 16.2. The van der Waals surface area contributed by atoms with Crippen LogP contribution in [0.4, 0.5) is 18.9 Å². The Kier molecular flexibility index (Phi) is 5.27. The summed E-state index contributed by atoms with van der Waals surface area (Å²) in [6.45, 7) is 6.21. The summed E-state index contributed by atoms with van der Waals surface area (Å²) in [5.74, 6) is 0. The van der Waals surface area contributed by atoms with Gasteiger partial charge in [-0.1, -0.05) is 29.8 Å². The highest BCUT2D eigenvalue weighted by atomic mass is 35.5. The van der Waals surface area contributed by atoms with Crippen molar-refractivity contribution < 1.29 is 13.2 Å². The quantitative estimate of drug-likeness (QED) is 0.387. The summed E-state index contributed by atoms with van der Waals surface area (Å²) in [6, 6.07) is 10.4. The van der Waals surface area contributed by atoms with Gasteiger partial charge in [0.15, 0.2) is 0 Å². The van der Waals surface area contributed by atoms with Crippen LogP contribution >= 0.6 is 11.6 Å². The zero-order valence-electron chi connectivity index (χ0n) is 16.5. The van der Waals surface area contributed by atoms with Crippen LogP contribution in [0, 0.1) is 11.3 Å². The molecule has 0 unspecified atom stereocenters. The maximum absolute atomic E-state index is 13.0. The highest BCUT2D eigenvalue weighted by molar-refractivity contribution is 6.32. The van der Waals surface area contributed by atoms with Crippen LogP contribution in [-0.2, 0) is 6.18 Å². The fourth-order valence-electron chi connectivity index (χ4n) is 3.50. The van der Waals surface area contributed by atoms with E-state index >= 15 is 0 Å². The molecule has 2 aromatic rings. The van der Waals surface area contributed by atoms with Gasteiger partial charge in [-0.05, 0) is 67.8 Å². The first-order chi connectivity index (χ1) is 13.4. The minimum Gasteiger partial charge on any atom is -0.365 e. The van der Waals surface area contributed by atoms with Crippen LogP contribution < -0.4 is 4.90 Å². The monoisotopic (exact) mass is 416 g/mol. The first-order valence-corrected chi connectivity index (χ1v) is 9.38. The summed E-state index contributed by atoms with van der Waals surface area (Å²) in [6.07, 6.45) is -0.792. The second kappa shape index (κ2) is 7.27. The Labute approximate surface area is 173 Å². The van der Waals surface area contributed by atoms with E-state index in [0.29, 0.717) is 10.6 Å². The van der Waals surface area contributed by atoms with Crippen LogP contribution in [0.3, 0.4) is 0 Å². The lowest BCUT2D eigenvalue weighted by Crippen LogP contribution is -2.42. The molecule has 1 aliphatic rings. The molecular weight excluding hydrogens is 397 g/mol. The van der Waals surface area contributed by atoms with E-state index in [9.17, 15) is 18.4 Å². The van der Waals surface area contributed by atoms with Gasteiger partial charge in [-0.3, -0.25) is 0 Å². The number of nitrogens with zero attached hydrogens (tertiary/aromatic N) is 2. The third-order valence-corrected chi connectivity index (χ3v) is 5.58. The summed E-state index contributed by atoms with van der Waals surface area (Å²) in [7, 11) is 1.98. The molecule has 0 saturated carbocycles. The molecule has 0 fully saturated rings. The molecule has 0 N–H and O–H groups in total. The molecule has 29 heavy (non-hydrogen) atoms. The molecule has 3 rings (SSSR count). The van der Waals surface area contributed by atoms with Gasteiger partial charge in [0, 0.05) is 23.3 Å². The van der Waals surface area contributed by atoms with E-state index in [1.165, 1.54) is 18.2 Å². The summed E-state index contributed by atoms with van der Waals surface area (Å²) in [5.41, 5.74) is 2.94. The van der Waals surface area contributed by atoms with Gasteiger partial charge < -0.3 is 4.90 Å². The zero-order valence-corrected chi connectivity index (χ0v) is 17.3. The summed E-state index contributed by atoms with van der Waals surface area (Å²) in [5, 5.41) is 10.00. The number of nitriles is 1. The largest absolute Gasteiger partial charge is 0.416 e. The van der Waals surface area contributed by atoms with Crippen LogP contribution in [0.2, 0.25) is 5.02 Å². The summed E-state index contributed by atoms with van der Waals surface area (Å²) in [4.78, 5) is 2.12. The van der Waals surface area contributed by atoms with Gasteiger partial charge in [0.25, 0.3) is 0 Å². The maximum Gasteiger partial charge on any atom is 0.416 e. The third-order valence-electron chi connectivity index (χ3n) is 5.26. The van der Waals surface area contributed by atoms with Gasteiger partial charge >= 0.3 is 6.18 Å². The Morgan fingerprint density at radius 2 is 1.90 bits per heavy atom. The van der Waals surface area contributed by atoms with Gasteiger partial charge in [-0.2, -0.15) is 18.4 Å². The van der Waals surface area contributed by atoms with Crippen LogP contribution in [0.1, 0.15) is 43.0 Å². The maximum atomic E-state index is 13.0. The topological polar surface area (TPSA) is 27.0 Å². The van der Waals surface area contributed by atoms with Gasteiger partial charge in [-0.15, -0.1) is 0 Å². The van der Waals surface area contributed by atoms with Crippen LogP contribution in [-0.4, -0.2) is 12.6 Å². The van der Waals surface area contributed by atoms with Crippen molar-refractivity contribution in [3.05, 3.63) is 69.8 Å². The van der Waals surface area contributed by atoms with Crippen molar-refractivity contribution in [1.82, 2.24) is 0 Å². The van der Waals surface area contributed by atoms with E-state index in [-0.39, 0.29) is 16.7 Å². The van der Waals surface area contributed by atoms with Crippen molar-refractivity contribution >= 4 is 34.5 Å². The number of likely N-dealkylation sites (N-methyl/N-ethyl adjacent to an activating group) is 1. The van der Waals surface area contributed by atoms with Crippen molar-refractivity contribution in [1.29, 1.82) is 5.26 Å². The van der Waals surface area contributed by atoms with Crippen molar-refractivity contribution in [3.8, 4) is 6.07 Å². The molecule has 150 valence electrons. The van der Waals surface area contributed by atoms with Crippen molar-refractivity contribution in [2.75, 3.05) is 11.9 Å². The number of alkyl halides is 3. The Balaban J connectivity index is 2.11. The van der Waals surface area contributed by atoms with E-state index in [0.717, 1.165) is 29.0 Å². The number of allylic oxidation sites excluding steroid dienone is 2. The van der Waals surface area contributed by atoms with E-state index in [4.69, 9.17) is 11.6 Å². The van der Waals surface area contributed by atoms with Crippen LogP contribution in [0.5, 0.6) is 0 Å². The lowest BCUT2D eigenvalue weighted by Gasteiger charge is -2.40. The van der Waals surface area contributed by atoms with E-state index in [1.807, 2.05) is 32.2 Å². The van der Waals surface area contributed by atoms with E-state index in [2.05, 4.69) is 24.8 Å². The standard InChI is InChI=1S/C23H20ClF3N2/c1-14-12-22(2,3)29(4)21-11-20(24)16(10-19(14)21)8-17(13-28)15-6-5-7-18(9-15)23(25,26)27/h5-12H,1-4H3/b17-8+. The number of rotatable bonds is 2. The molecule has 1 aliphatic heterocycles. The lowest BCUT2D eigenvalue weighted by molar-refractivity contribution is -0.137. The lowest BCUT2D eigenvalue weighted by atomic mass is 9.88. The molecule has 0 amide bonds. The number of anilines is 1. The van der Waals surface area contributed by atoms with Crippen LogP contribution in [0.15, 0.2) is 42.5 Å². The Morgan fingerprint density at radius 3 is 2.52 bits per heavy atom. The summed E-state index contributed by atoms with van der Waals surface area (Å²) < 4.78 is 39.1. The number of benzene rings is 2. The first-order valence-electron chi connectivity index (χ1n) is 9.00. The number of hydrogen-bond acceptors (Lipinski definition) is 2. The zero-order chi connectivity index (χ0) is 21.6. The summed E-state index contributed by atoms with van der Waals surface area (Å²) >= 11 is 6.48. The minimum atomic E-state index is -4.47. The highest BCUT2D eigenvalue weighted by Gasteiger charge is 2.31. The molecule has 0 saturated heterocycles. The molecule has 0 aromatic heterocycles. The average Bonchev–Trinajstić information content (AvgIpc) is 2.64. The Bertz CT molecular complexity index is 1070. The van der Waals surface area contributed by atoms with E-state index < -0.39 is 11.7 Å². The second-order valence-electron chi connectivity index (χ2n) is 7.68. The van der Waals surface area contributed by atoms with Crippen LogP contribution in [0.25, 0.3) is 17.2 Å². The molecule has 6 heteroatoms. The van der Waals surface area contributed by atoms with Gasteiger partial charge in [0.1, 0.15) is 0 Å². The number of hydrogen-bond donors (Lipinski definition) is 0. The van der Waals surface area contributed by atoms with Gasteiger partial charge in [0.2, 0.25) is 0 Å². The Hall–Kier alpha value is -2.71. The SMILES string of the molecule is CC1=CC(C)(C)N(C)c2cc(Cl)c(/C=C(\C#N)c3cccc(C(F)(F)F)c3)cc21. The predicted molar refractivity (Wildman–Crippen MR) is 113 cm³/mol. The smallest absolute Gasteiger partial charge is 0.365 e. The van der Waals surface area contributed by atoms with Crippen molar-refractivity contribution in [2.24, 2.45) is 0 Å². The molecule has 0 atom stereocenters. The van der Waals surface area contributed by atoms with Crippen molar-refractivity contribution in [3.63, 3.8) is 0 Å². The highest BCUT2D eigenvalue weighted by Crippen LogP contribution is 2.41. The fraction of sp³-hybridized carbons (Fsp3) is 0.261. The third kappa shape index (κ3) is 4.04. The molecule has 2 aromatic carbocycles. The average molecular weight is 417 g/mol. The second-order valence-corrected chi connectivity index (χ2v) is 8.09. The minimum absolute atomic E-state index is 0.115. The molecule has 0 bridgehead atoms. The Morgan fingerprint density at radius 1 is 1.21 bits per heavy atom. The molecule has 2 nitrogen and oxygen atoms in total. The first kappa shape index (κ1) is 21.0. The molecule has 0 radical (unpaired) electrons. The molecule has 0 spiro atoms. The fourth-order valence-corrected chi connectivity index (χ4v) is 3.71. The number of fused-ring (bicyclic) bond motifs is 1. The van der Waals surface area contributed by atoms with E-state index in [1.54, 1.807) is 0 Å². The van der Waals surface area contributed by atoms with Crippen molar-refractivity contribution in [2.45, 2.75) is 32.5 Å². The van der Waals surface area contributed by atoms with Gasteiger partial charge in [0.05, 0.1) is 22.7 Å².